The van der Waals surface area contributed by atoms with E-state index in [0.29, 0.717) is 13.0 Å². The number of piperazine rings is 1. The minimum Gasteiger partial charge on any atom is -0.444 e. The third-order valence-corrected chi connectivity index (χ3v) is 5.40. The second kappa shape index (κ2) is 10.6. The Balaban J connectivity index is 1.58. The largest absolute Gasteiger partial charge is 0.444 e. The minimum absolute atomic E-state index is 0.426. The maximum atomic E-state index is 12.4. The van der Waals surface area contributed by atoms with Gasteiger partial charge in [0.25, 0.3) is 0 Å². The zero-order valence-corrected chi connectivity index (χ0v) is 18.8. The van der Waals surface area contributed by atoms with Crippen LogP contribution in [0.2, 0.25) is 0 Å². The summed E-state index contributed by atoms with van der Waals surface area (Å²) in [6.07, 6.45) is -0.650. The van der Waals surface area contributed by atoms with E-state index in [1.165, 1.54) is 5.69 Å². The van der Waals surface area contributed by atoms with Gasteiger partial charge in [0.05, 0.1) is 12.1 Å². The molecule has 3 rings (SSSR count). The van der Waals surface area contributed by atoms with Gasteiger partial charge in [-0.2, -0.15) is 0 Å². The molecule has 168 valence electrons. The molecule has 2 aromatic rings. The van der Waals surface area contributed by atoms with Crippen molar-refractivity contribution in [3.63, 3.8) is 0 Å². The molecule has 0 saturated carbocycles. The first kappa shape index (κ1) is 23.1. The van der Waals surface area contributed by atoms with Gasteiger partial charge in [0.15, 0.2) is 0 Å². The summed E-state index contributed by atoms with van der Waals surface area (Å²) < 4.78 is 5.43. The van der Waals surface area contributed by atoms with Crippen LogP contribution < -0.4 is 10.2 Å². The number of nitrogens with zero attached hydrogens (tertiary/aromatic N) is 2. The van der Waals surface area contributed by atoms with Crippen LogP contribution in [-0.2, 0) is 11.2 Å². The monoisotopic (exact) mass is 425 g/mol. The number of ether oxygens (including phenoxy) is 1. The number of aliphatic hydroxyl groups is 1. The highest BCUT2D eigenvalue weighted by Gasteiger charge is 2.28. The van der Waals surface area contributed by atoms with Crippen molar-refractivity contribution in [2.75, 3.05) is 37.6 Å². The third kappa shape index (κ3) is 7.56. The molecular weight excluding hydrogens is 390 g/mol. The molecule has 6 nitrogen and oxygen atoms in total. The lowest BCUT2D eigenvalue weighted by atomic mass is 10.0. The van der Waals surface area contributed by atoms with Crippen LogP contribution in [-0.4, -0.2) is 66.6 Å². The summed E-state index contributed by atoms with van der Waals surface area (Å²) >= 11 is 0. The molecule has 1 saturated heterocycles. The Hall–Kier alpha value is -2.57. The van der Waals surface area contributed by atoms with E-state index in [4.69, 9.17) is 4.74 Å². The van der Waals surface area contributed by atoms with E-state index in [2.05, 4.69) is 39.4 Å². The number of rotatable bonds is 7. The Kier molecular flexibility index (Phi) is 7.93. The van der Waals surface area contributed by atoms with Gasteiger partial charge in [-0.3, -0.25) is 4.90 Å². The molecule has 0 unspecified atom stereocenters. The smallest absolute Gasteiger partial charge is 0.407 e. The summed E-state index contributed by atoms with van der Waals surface area (Å²) in [6.45, 7) is 9.59. The standard InChI is InChI=1S/C25H35N3O3/c1-25(2,3)31-24(30)26-22(18-20-10-6-4-7-11-20)23(29)19-27-14-16-28(17-15-27)21-12-8-5-9-13-21/h4-13,22-23,29H,14-19H2,1-3H3,(H,26,30)/t22-,23+/m0/s1. The number of hydrogen-bond donors (Lipinski definition) is 2. The number of nitrogens with one attached hydrogen (secondary N) is 1. The van der Waals surface area contributed by atoms with Crippen LogP contribution in [0.3, 0.4) is 0 Å². The zero-order chi connectivity index (χ0) is 22.3. The summed E-state index contributed by atoms with van der Waals surface area (Å²) in [7, 11) is 0. The van der Waals surface area contributed by atoms with Gasteiger partial charge < -0.3 is 20.1 Å². The third-order valence-electron chi connectivity index (χ3n) is 5.40. The van der Waals surface area contributed by atoms with Gasteiger partial charge in [0, 0.05) is 38.4 Å². The molecule has 0 spiro atoms. The maximum Gasteiger partial charge on any atom is 0.407 e. The Bertz CT molecular complexity index is 800. The van der Waals surface area contributed by atoms with E-state index in [9.17, 15) is 9.90 Å². The molecule has 1 aliphatic heterocycles. The number of aliphatic hydroxyl groups excluding tert-OH is 1. The zero-order valence-electron chi connectivity index (χ0n) is 18.8. The second-order valence-corrected chi connectivity index (χ2v) is 9.13. The fourth-order valence-corrected chi connectivity index (χ4v) is 3.83. The SMILES string of the molecule is CC(C)(C)OC(=O)N[C@@H](Cc1ccccc1)[C@H](O)CN1CCN(c2ccccc2)CC1. The number of anilines is 1. The number of alkyl carbamates (subject to hydrolysis) is 1. The molecule has 0 aromatic heterocycles. The summed E-state index contributed by atoms with van der Waals surface area (Å²) in [4.78, 5) is 17.0. The fourth-order valence-electron chi connectivity index (χ4n) is 3.83. The first-order valence-electron chi connectivity index (χ1n) is 11.0. The normalized spacial score (nSPS) is 17.1. The summed E-state index contributed by atoms with van der Waals surface area (Å²) in [5.41, 5.74) is 1.72. The second-order valence-electron chi connectivity index (χ2n) is 9.13. The van der Waals surface area contributed by atoms with E-state index < -0.39 is 23.8 Å². The van der Waals surface area contributed by atoms with E-state index >= 15 is 0 Å². The Morgan fingerprint density at radius 1 is 1.00 bits per heavy atom. The summed E-state index contributed by atoms with van der Waals surface area (Å²) in [5.74, 6) is 0. The van der Waals surface area contributed by atoms with Crippen LogP contribution in [0.25, 0.3) is 0 Å². The van der Waals surface area contributed by atoms with Gasteiger partial charge in [-0.25, -0.2) is 4.79 Å². The average Bonchev–Trinajstić information content (AvgIpc) is 2.74. The lowest BCUT2D eigenvalue weighted by molar-refractivity contribution is 0.0361. The predicted molar refractivity (Wildman–Crippen MR) is 124 cm³/mol. The van der Waals surface area contributed by atoms with E-state index in [-0.39, 0.29) is 0 Å². The molecule has 31 heavy (non-hydrogen) atoms. The molecule has 1 aliphatic rings. The molecule has 0 radical (unpaired) electrons. The molecule has 2 atom stereocenters. The van der Waals surface area contributed by atoms with E-state index in [1.807, 2.05) is 57.2 Å². The molecule has 0 bridgehead atoms. The van der Waals surface area contributed by atoms with Crippen molar-refractivity contribution in [1.82, 2.24) is 10.2 Å². The number of amides is 1. The topological polar surface area (TPSA) is 65.0 Å². The van der Waals surface area contributed by atoms with Crippen molar-refractivity contribution in [1.29, 1.82) is 0 Å². The summed E-state index contributed by atoms with van der Waals surface area (Å²) in [6, 6.07) is 19.9. The molecule has 2 aromatic carbocycles. The van der Waals surface area contributed by atoms with Gasteiger partial charge in [0.2, 0.25) is 0 Å². The van der Waals surface area contributed by atoms with E-state index in [0.717, 1.165) is 31.7 Å². The Morgan fingerprint density at radius 2 is 1.58 bits per heavy atom. The maximum absolute atomic E-state index is 12.4. The van der Waals surface area contributed by atoms with Crippen LogP contribution in [0.4, 0.5) is 10.5 Å². The molecule has 1 heterocycles. The lowest BCUT2D eigenvalue weighted by Gasteiger charge is -2.38. The van der Waals surface area contributed by atoms with Crippen molar-refractivity contribution in [3.8, 4) is 0 Å². The van der Waals surface area contributed by atoms with Crippen LogP contribution in [0.5, 0.6) is 0 Å². The highest BCUT2D eigenvalue weighted by molar-refractivity contribution is 5.68. The molecule has 1 amide bonds. The predicted octanol–water partition coefficient (Wildman–Crippen LogP) is 3.31. The number of β-amino-alcohol motifs (C(OH)–C–C–N with tert-alkyl or cyclic N) is 1. The van der Waals surface area contributed by atoms with Crippen LogP contribution in [0.1, 0.15) is 26.3 Å². The molecule has 0 aliphatic carbocycles. The van der Waals surface area contributed by atoms with Crippen LogP contribution >= 0.6 is 0 Å². The lowest BCUT2D eigenvalue weighted by Crippen LogP contribution is -2.54. The first-order valence-corrected chi connectivity index (χ1v) is 11.0. The quantitative estimate of drug-likeness (QED) is 0.713. The number of carbonyl (C=O) groups excluding carboxylic acids is 1. The van der Waals surface area contributed by atoms with Crippen molar-refractivity contribution in [2.45, 2.75) is 44.9 Å². The Morgan fingerprint density at radius 3 is 2.16 bits per heavy atom. The minimum atomic E-state index is -0.698. The molecular formula is C25H35N3O3. The Labute approximate surface area is 185 Å². The number of hydrogen-bond acceptors (Lipinski definition) is 5. The van der Waals surface area contributed by atoms with Gasteiger partial charge in [-0.05, 0) is 44.9 Å². The number of para-hydroxylation sites is 1. The van der Waals surface area contributed by atoms with Crippen molar-refractivity contribution in [3.05, 3.63) is 66.2 Å². The average molecular weight is 426 g/mol. The fraction of sp³-hybridized carbons (Fsp3) is 0.480. The molecule has 6 heteroatoms. The van der Waals surface area contributed by atoms with Gasteiger partial charge in [0.1, 0.15) is 5.60 Å². The van der Waals surface area contributed by atoms with Crippen LogP contribution in [0, 0.1) is 0 Å². The molecule has 2 N–H and O–H groups in total. The summed E-state index contributed by atoms with van der Waals surface area (Å²) in [5, 5.41) is 13.9. The highest BCUT2D eigenvalue weighted by Crippen LogP contribution is 2.17. The van der Waals surface area contributed by atoms with Crippen molar-refractivity contribution >= 4 is 11.8 Å². The highest BCUT2D eigenvalue weighted by atomic mass is 16.6. The first-order chi connectivity index (χ1) is 14.8. The van der Waals surface area contributed by atoms with Crippen molar-refractivity contribution in [2.24, 2.45) is 0 Å². The number of benzene rings is 2. The van der Waals surface area contributed by atoms with Crippen molar-refractivity contribution < 1.29 is 14.6 Å². The van der Waals surface area contributed by atoms with Crippen LogP contribution in [0.15, 0.2) is 60.7 Å². The van der Waals surface area contributed by atoms with Gasteiger partial charge >= 0.3 is 6.09 Å². The molecule has 1 fully saturated rings. The number of carbonyl (C=O) groups is 1. The van der Waals surface area contributed by atoms with E-state index in [1.54, 1.807) is 0 Å². The van der Waals surface area contributed by atoms with Gasteiger partial charge in [-0.1, -0.05) is 48.5 Å². The van der Waals surface area contributed by atoms with Gasteiger partial charge in [-0.15, -0.1) is 0 Å².